The zero-order valence-electron chi connectivity index (χ0n) is 21.6. The van der Waals surface area contributed by atoms with Gasteiger partial charge in [-0.2, -0.15) is 8.42 Å². The molecule has 1 aromatic heterocycles. The van der Waals surface area contributed by atoms with Crippen LogP contribution in [0, 0.1) is 21.7 Å². The van der Waals surface area contributed by atoms with Crippen molar-refractivity contribution < 1.29 is 40.6 Å². The second-order valence-electron chi connectivity index (χ2n) is 9.78. The van der Waals surface area contributed by atoms with Crippen molar-refractivity contribution >= 4 is 33.5 Å². The standard InChI is InChI=1S/C26H26F2N4O8S/c27-22-14-18(31-16-20(40-26(31)33)7-12-41(36,37)38)2-4-21(22)17-1-5-24(23(28)13-17)30-10-8-29(9-11-30)15-19-3-6-25(39-19)32(34)35/h1-6,13-14,20H,7-12,15-16H2,(H,36,37,38)/t20-/m1/s1. The summed E-state index contributed by atoms with van der Waals surface area (Å²) in [5, 5.41) is 10.8. The van der Waals surface area contributed by atoms with E-state index in [1.807, 2.05) is 4.90 Å². The monoisotopic (exact) mass is 592 g/mol. The molecule has 0 spiro atoms. The van der Waals surface area contributed by atoms with E-state index in [9.17, 15) is 23.3 Å². The summed E-state index contributed by atoms with van der Waals surface area (Å²) >= 11 is 0. The zero-order valence-corrected chi connectivity index (χ0v) is 22.4. The number of halogens is 2. The lowest BCUT2D eigenvalue weighted by molar-refractivity contribution is -0.402. The first kappa shape index (κ1) is 28.4. The topological polar surface area (TPSA) is 147 Å². The molecule has 0 saturated carbocycles. The fourth-order valence-corrected chi connectivity index (χ4v) is 5.48. The predicted molar refractivity (Wildman–Crippen MR) is 143 cm³/mol. The maximum atomic E-state index is 15.2. The molecule has 2 aromatic carbocycles. The van der Waals surface area contributed by atoms with Crippen molar-refractivity contribution in [1.82, 2.24) is 4.90 Å². The SMILES string of the molecule is O=C1O[C@H](CCS(=O)(=O)O)CN1c1ccc(-c2ccc(N3CCN(Cc4ccc([N+](=O)[O-])o4)CC3)c(F)c2)c(F)c1. The van der Waals surface area contributed by atoms with Crippen LogP contribution in [0.4, 0.5) is 30.8 Å². The quantitative estimate of drug-likeness (QED) is 0.219. The van der Waals surface area contributed by atoms with Crippen LogP contribution >= 0.6 is 0 Å². The number of anilines is 2. The fraction of sp³-hybridized carbons (Fsp3) is 0.346. The lowest BCUT2D eigenvalue weighted by Crippen LogP contribution is -2.46. The Balaban J connectivity index is 1.21. The van der Waals surface area contributed by atoms with Gasteiger partial charge in [0.05, 0.1) is 36.3 Å². The van der Waals surface area contributed by atoms with Crippen molar-refractivity contribution in [2.45, 2.75) is 19.1 Å². The molecule has 41 heavy (non-hydrogen) atoms. The van der Waals surface area contributed by atoms with Gasteiger partial charge in [0.25, 0.3) is 10.1 Å². The largest absolute Gasteiger partial charge is 0.444 e. The number of carbonyl (C=O) groups is 1. The lowest BCUT2D eigenvalue weighted by atomic mass is 10.0. The van der Waals surface area contributed by atoms with Crippen molar-refractivity contribution in [1.29, 1.82) is 0 Å². The van der Waals surface area contributed by atoms with E-state index in [0.717, 1.165) is 11.0 Å². The average Bonchev–Trinajstić information content (AvgIpc) is 3.54. The van der Waals surface area contributed by atoms with E-state index in [4.69, 9.17) is 13.7 Å². The highest BCUT2D eigenvalue weighted by atomic mass is 32.2. The number of amides is 1. The second-order valence-corrected chi connectivity index (χ2v) is 11.4. The summed E-state index contributed by atoms with van der Waals surface area (Å²) in [6, 6.07) is 11.4. The Morgan fingerprint density at radius 1 is 1.02 bits per heavy atom. The van der Waals surface area contributed by atoms with Gasteiger partial charge in [-0.3, -0.25) is 24.5 Å². The third-order valence-corrected chi connectivity index (χ3v) is 7.77. The highest BCUT2D eigenvalue weighted by Crippen LogP contribution is 2.32. The highest BCUT2D eigenvalue weighted by molar-refractivity contribution is 7.85. The molecule has 3 aromatic rings. The molecule has 15 heteroatoms. The van der Waals surface area contributed by atoms with Gasteiger partial charge in [0.15, 0.2) is 0 Å². The Bertz CT molecular complexity index is 1570. The number of benzene rings is 2. The Hall–Kier alpha value is -4.08. The molecular formula is C26H26F2N4O8S. The van der Waals surface area contributed by atoms with Crippen molar-refractivity contribution in [3.05, 3.63) is 76.0 Å². The molecule has 0 aliphatic carbocycles. The highest BCUT2D eigenvalue weighted by Gasteiger charge is 2.33. The summed E-state index contributed by atoms with van der Waals surface area (Å²) in [7, 11) is -4.21. The molecule has 2 aliphatic rings. The van der Waals surface area contributed by atoms with Gasteiger partial charge < -0.3 is 14.1 Å². The van der Waals surface area contributed by atoms with Gasteiger partial charge in [0.2, 0.25) is 0 Å². The number of nitro groups is 1. The Morgan fingerprint density at radius 3 is 2.41 bits per heavy atom. The van der Waals surface area contributed by atoms with E-state index >= 15 is 8.78 Å². The van der Waals surface area contributed by atoms with Gasteiger partial charge in [-0.1, -0.05) is 6.07 Å². The molecule has 5 rings (SSSR count). The predicted octanol–water partition coefficient (Wildman–Crippen LogP) is 4.06. The molecule has 0 unspecified atom stereocenters. The van der Waals surface area contributed by atoms with Gasteiger partial charge in [0.1, 0.15) is 28.4 Å². The normalized spacial score (nSPS) is 18.1. The van der Waals surface area contributed by atoms with Crippen LogP contribution < -0.4 is 9.80 Å². The van der Waals surface area contributed by atoms with Gasteiger partial charge in [0, 0.05) is 38.2 Å². The summed E-state index contributed by atoms with van der Waals surface area (Å²) < 4.78 is 71.4. The van der Waals surface area contributed by atoms with E-state index in [-0.39, 0.29) is 30.1 Å². The average molecular weight is 593 g/mol. The number of cyclic esters (lactones) is 1. The van der Waals surface area contributed by atoms with Crippen LogP contribution in [0.15, 0.2) is 52.9 Å². The van der Waals surface area contributed by atoms with Crippen molar-refractivity contribution in [2.24, 2.45) is 0 Å². The van der Waals surface area contributed by atoms with E-state index in [1.165, 1.54) is 24.3 Å². The number of hydrogen-bond donors (Lipinski definition) is 1. The number of ether oxygens (including phenoxy) is 1. The van der Waals surface area contributed by atoms with Crippen LogP contribution in [0.1, 0.15) is 12.2 Å². The van der Waals surface area contributed by atoms with E-state index < -0.39 is 44.6 Å². The van der Waals surface area contributed by atoms with Crippen LogP contribution in [0.5, 0.6) is 0 Å². The summed E-state index contributed by atoms with van der Waals surface area (Å²) in [6.45, 7) is 2.59. The molecule has 1 N–H and O–H groups in total. The van der Waals surface area contributed by atoms with Crippen LogP contribution in [-0.4, -0.2) is 73.5 Å². The smallest absolute Gasteiger partial charge is 0.433 e. The first-order valence-corrected chi connectivity index (χ1v) is 14.3. The lowest BCUT2D eigenvalue weighted by Gasteiger charge is -2.35. The minimum Gasteiger partial charge on any atom is -0.444 e. The van der Waals surface area contributed by atoms with Gasteiger partial charge in [-0.15, -0.1) is 0 Å². The Morgan fingerprint density at radius 2 is 1.78 bits per heavy atom. The minimum atomic E-state index is -4.21. The molecule has 0 bridgehead atoms. The van der Waals surface area contributed by atoms with Crippen LogP contribution in [0.25, 0.3) is 11.1 Å². The van der Waals surface area contributed by atoms with Crippen LogP contribution in [0.2, 0.25) is 0 Å². The summed E-state index contributed by atoms with van der Waals surface area (Å²) in [4.78, 5) is 27.5. The molecule has 3 heterocycles. The maximum Gasteiger partial charge on any atom is 0.433 e. The molecule has 0 radical (unpaired) electrons. The fourth-order valence-electron chi connectivity index (χ4n) is 4.92. The third-order valence-electron chi connectivity index (χ3n) is 7.01. The molecule has 2 saturated heterocycles. The third kappa shape index (κ3) is 6.64. The Kier molecular flexibility index (Phi) is 7.93. The molecule has 1 amide bonds. The first-order chi connectivity index (χ1) is 19.5. The minimum absolute atomic E-state index is 0.00877. The molecule has 218 valence electrons. The molecular weight excluding hydrogens is 566 g/mol. The summed E-state index contributed by atoms with van der Waals surface area (Å²) in [6.07, 6.45) is -1.64. The molecule has 1 atom stereocenters. The van der Waals surface area contributed by atoms with Crippen molar-refractivity contribution in [2.75, 3.05) is 48.3 Å². The van der Waals surface area contributed by atoms with Gasteiger partial charge in [-0.25, -0.2) is 13.6 Å². The molecule has 2 fully saturated rings. The Labute approximate surface area is 233 Å². The molecule has 12 nitrogen and oxygen atoms in total. The number of hydrogen-bond acceptors (Lipinski definition) is 9. The van der Waals surface area contributed by atoms with Crippen molar-refractivity contribution in [3.63, 3.8) is 0 Å². The van der Waals surface area contributed by atoms with E-state index in [1.54, 1.807) is 18.2 Å². The van der Waals surface area contributed by atoms with E-state index in [2.05, 4.69) is 4.90 Å². The molecule has 2 aliphatic heterocycles. The zero-order chi connectivity index (χ0) is 29.3. The summed E-state index contributed by atoms with van der Waals surface area (Å²) in [5.41, 5.74) is 1.01. The summed E-state index contributed by atoms with van der Waals surface area (Å²) in [5.74, 6) is -1.61. The van der Waals surface area contributed by atoms with Gasteiger partial charge in [-0.05, 0) is 42.0 Å². The van der Waals surface area contributed by atoms with Crippen LogP contribution in [-0.2, 0) is 21.4 Å². The number of piperazine rings is 1. The number of nitrogens with zero attached hydrogens (tertiary/aromatic N) is 4. The maximum absolute atomic E-state index is 15.2. The van der Waals surface area contributed by atoms with Crippen LogP contribution in [0.3, 0.4) is 0 Å². The number of rotatable bonds is 9. The van der Waals surface area contributed by atoms with Gasteiger partial charge >= 0.3 is 12.0 Å². The van der Waals surface area contributed by atoms with E-state index in [0.29, 0.717) is 49.7 Å². The first-order valence-electron chi connectivity index (χ1n) is 12.7. The number of carbonyl (C=O) groups excluding carboxylic acids is 1. The number of furan rings is 1. The van der Waals surface area contributed by atoms with Crippen molar-refractivity contribution in [3.8, 4) is 11.1 Å². The second kappa shape index (κ2) is 11.4.